The van der Waals surface area contributed by atoms with E-state index in [2.05, 4.69) is 15.4 Å². The van der Waals surface area contributed by atoms with Crippen molar-refractivity contribution in [2.45, 2.75) is 19.5 Å². The van der Waals surface area contributed by atoms with Crippen LogP contribution in [0.5, 0.6) is 0 Å². The zero-order chi connectivity index (χ0) is 22.5. The summed E-state index contributed by atoms with van der Waals surface area (Å²) in [5.74, 6) is -2.14. The number of carbonyl (C=O) groups excluding carboxylic acids is 2. The second-order valence-corrected chi connectivity index (χ2v) is 7.48. The fourth-order valence-electron chi connectivity index (χ4n) is 2.84. The molecule has 0 saturated carbocycles. The lowest BCUT2D eigenvalue weighted by atomic mass is 10.1. The third kappa shape index (κ3) is 3.69. The Kier molecular flexibility index (Phi) is 5.45. The van der Waals surface area contributed by atoms with Gasteiger partial charge in [0.2, 0.25) is 0 Å². The van der Waals surface area contributed by atoms with Crippen molar-refractivity contribution in [3.63, 3.8) is 0 Å². The number of nitrogens with one attached hydrogen (secondary N) is 1. The number of rotatable bonds is 4. The Bertz CT molecular complexity index is 1190. The molecule has 2 amide bonds. The van der Waals surface area contributed by atoms with E-state index in [1.165, 1.54) is 6.92 Å². The molecule has 30 heavy (non-hydrogen) atoms. The molecule has 0 aliphatic rings. The first-order valence-electron chi connectivity index (χ1n) is 7.96. The Morgan fingerprint density at radius 1 is 1.33 bits per heavy atom. The number of aryl methyl sites for hydroxylation is 2. The van der Waals surface area contributed by atoms with Gasteiger partial charge in [0.15, 0.2) is 11.4 Å². The van der Waals surface area contributed by atoms with Gasteiger partial charge in [-0.1, -0.05) is 11.6 Å². The number of thiophene rings is 1. The normalized spacial score (nSPS) is 12.0. The number of pyridine rings is 1. The summed E-state index contributed by atoms with van der Waals surface area (Å²) >= 11 is 6.37. The van der Waals surface area contributed by atoms with Gasteiger partial charge in [0.1, 0.15) is 20.4 Å². The summed E-state index contributed by atoms with van der Waals surface area (Å²) in [6.07, 6.45) is -7.74. The first-order chi connectivity index (χ1) is 13.8. The molecule has 3 aromatic rings. The SMILES string of the molecule is Cc1cc(C(F)F)nc2sc(C(N)=O)c(NC(=O)c3nn(C)c(C(F)(F)F)c3Cl)c12. The number of hydrogen-bond acceptors (Lipinski definition) is 5. The van der Waals surface area contributed by atoms with E-state index < -0.39 is 46.5 Å². The van der Waals surface area contributed by atoms with Gasteiger partial charge in [-0.3, -0.25) is 14.3 Å². The fraction of sp³-hybridized carbons (Fsp3) is 0.250. The number of aromatic nitrogens is 3. The summed E-state index contributed by atoms with van der Waals surface area (Å²) in [5, 5.41) is 4.98. The molecule has 7 nitrogen and oxygen atoms in total. The lowest BCUT2D eigenvalue weighted by Crippen LogP contribution is -2.17. The number of primary amides is 1. The predicted octanol–water partition coefficient (Wildman–Crippen LogP) is 4.30. The van der Waals surface area contributed by atoms with Gasteiger partial charge >= 0.3 is 6.18 Å². The summed E-state index contributed by atoms with van der Waals surface area (Å²) in [7, 11) is 0.959. The topological polar surface area (TPSA) is 103 Å². The monoisotopic (exact) mass is 467 g/mol. The smallest absolute Gasteiger partial charge is 0.365 e. The van der Waals surface area contributed by atoms with E-state index in [-0.39, 0.29) is 26.3 Å². The van der Waals surface area contributed by atoms with Crippen LogP contribution in [0.4, 0.5) is 27.6 Å². The lowest BCUT2D eigenvalue weighted by Gasteiger charge is -2.08. The molecular formula is C16H11ClF5N5O2S. The third-order valence-electron chi connectivity index (χ3n) is 4.04. The highest BCUT2D eigenvalue weighted by Gasteiger charge is 2.40. The molecule has 0 saturated heterocycles. The number of fused-ring (bicyclic) bond motifs is 1. The molecule has 160 valence electrons. The maximum Gasteiger partial charge on any atom is 0.434 e. The minimum absolute atomic E-state index is 0.00232. The number of halogens is 6. The third-order valence-corrected chi connectivity index (χ3v) is 5.49. The molecule has 3 N–H and O–H groups in total. The zero-order valence-corrected chi connectivity index (χ0v) is 16.6. The van der Waals surface area contributed by atoms with Gasteiger partial charge in [0.05, 0.1) is 5.69 Å². The highest BCUT2D eigenvalue weighted by atomic mass is 35.5. The van der Waals surface area contributed by atoms with Gasteiger partial charge in [0.25, 0.3) is 18.2 Å². The first-order valence-corrected chi connectivity index (χ1v) is 9.15. The summed E-state index contributed by atoms with van der Waals surface area (Å²) < 4.78 is 65.7. The number of alkyl halides is 5. The van der Waals surface area contributed by atoms with Crippen LogP contribution in [-0.2, 0) is 13.2 Å². The van der Waals surface area contributed by atoms with Crippen LogP contribution in [0.2, 0.25) is 5.02 Å². The maximum absolute atomic E-state index is 13.1. The van der Waals surface area contributed by atoms with Gasteiger partial charge in [-0.2, -0.15) is 18.3 Å². The molecule has 3 heterocycles. The Hall–Kier alpha value is -2.80. The molecule has 0 unspecified atom stereocenters. The minimum atomic E-state index is -4.86. The zero-order valence-electron chi connectivity index (χ0n) is 15.1. The quantitative estimate of drug-likeness (QED) is 0.558. The van der Waals surface area contributed by atoms with Gasteiger partial charge in [-0.05, 0) is 18.6 Å². The van der Waals surface area contributed by atoms with Crippen LogP contribution in [0.1, 0.15) is 43.5 Å². The molecule has 0 aromatic carbocycles. The van der Waals surface area contributed by atoms with Crippen molar-refractivity contribution in [1.82, 2.24) is 14.8 Å². The lowest BCUT2D eigenvalue weighted by molar-refractivity contribution is -0.143. The van der Waals surface area contributed by atoms with Gasteiger partial charge in [-0.15, -0.1) is 11.3 Å². The van der Waals surface area contributed by atoms with E-state index in [0.29, 0.717) is 16.0 Å². The number of nitrogens with two attached hydrogens (primary N) is 1. The number of carbonyl (C=O) groups is 2. The minimum Gasteiger partial charge on any atom is -0.365 e. The van der Waals surface area contributed by atoms with Crippen LogP contribution in [0, 0.1) is 6.92 Å². The van der Waals surface area contributed by atoms with E-state index in [0.717, 1.165) is 13.1 Å². The van der Waals surface area contributed by atoms with Crippen molar-refractivity contribution in [3.05, 3.63) is 38.6 Å². The van der Waals surface area contributed by atoms with Crippen molar-refractivity contribution in [2.24, 2.45) is 12.8 Å². The molecule has 3 rings (SSSR count). The number of hydrogen-bond donors (Lipinski definition) is 2. The number of nitrogens with zero attached hydrogens (tertiary/aromatic N) is 3. The number of anilines is 1. The predicted molar refractivity (Wildman–Crippen MR) is 99.0 cm³/mol. The highest BCUT2D eigenvalue weighted by Crippen LogP contribution is 2.40. The molecule has 0 atom stereocenters. The van der Waals surface area contributed by atoms with Crippen LogP contribution < -0.4 is 11.1 Å². The van der Waals surface area contributed by atoms with E-state index in [9.17, 15) is 31.5 Å². The Morgan fingerprint density at radius 2 is 1.97 bits per heavy atom. The second-order valence-electron chi connectivity index (χ2n) is 6.10. The van der Waals surface area contributed by atoms with E-state index >= 15 is 0 Å². The van der Waals surface area contributed by atoms with Crippen LogP contribution in [0.15, 0.2) is 6.07 Å². The van der Waals surface area contributed by atoms with Gasteiger partial charge in [0, 0.05) is 12.4 Å². The average molecular weight is 468 g/mol. The molecule has 0 bridgehead atoms. The molecule has 14 heteroatoms. The Morgan fingerprint density at radius 3 is 2.47 bits per heavy atom. The molecule has 3 aromatic heterocycles. The van der Waals surface area contributed by atoms with Gasteiger partial charge < -0.3 is 11.1 Å². The fourth-order valence-corrected chi connectivity index (χ4v) is 4.25. The Balaban J connectivity index is 2.13. The van der Waals surface area contributed by atoms with Crippen molar-refractivity contribution < 1.29 is 31.5 Å². The summed E-state index contributed by atoms with van der Waals surface area (Å²) in [6, 6.07) is 1.07. The van der Waals surface area contributed by atoms with Crippen molar-refractivity contribution in [2.75, 3.05) is 5.32 Å². The van der Waals surface area contributed by atoms with Crippen LogP contribution in [-0.4, -0.2) is 26.6 Å². The van der Waals surface area contributed by atoms with Gasteiger partial charge in [-0.25, -0.2) is 13.8 Å². The summed E-state index contributed by atoms with van der Waals surface area (Å²) in [4.78, 5) is 28.0. The van der Waals surface area contributed by atoms with E-state index in [1.807, 2.05) is 0 Å². The van der Waals surface area contributed by atoms with E-state index in [4.69, 9.17) is 17.3 Å². The standard InChI is InChI=1S/C16H11ClF5N5O2S/c1-4-3-5(12(18)19)24-15-6(4)8(10(30-15)13(23)28)25-14(29)9-7(17)11(16(20,21)22)27(2)26-9/h3,12H,1-2H3,(H2,23,28)(H,25,29). The van der Waals surface area contributed by atoms with Crippen molar-refractivity contribution >= 4 is 50.7 Å². The molecule has 0 spiro atoms. The molecule has 0 fully saturated rings. The number of amides is 2. The summed E-state index contributed by atoms with van der Waals surface area (Å²) in [5.41, 5.74) is 2.76. The van der Waals surface area contributed by atoms with Crippen molar-refractivity contribution in [3.8, 4) is 0 Å². The molecule has 0 aliphatic carbocycles. The second kappa shape index (κ2) is 7.47. The maximum atomic E-state index is 13.1. The van der Waals surface area contributed by atoms with Crippen molar-refractivity contribution in [1.29, 1.82) is 0 Å². The molecular weight excluding hydrogens is 457 g/mol. The molecule has 0 aliphatic heterocycles. The van der Waals surface area contributed by atoms with Crippen LogP contribution in [0.25, 0.3) is 10.2 Å². The summed E-state index contributed by atoms with van der Waals surface area (Å²) in [6.45, 7) is 1.44. The first kappa shape index (κ1) is 21.9. The van der Waals surface area contributed by atoms with E-state index in [1.54, 1.807) is 0 Å². The molecule has 0 radical (unpaired) electrons. The Labute approximate surface area is 173 Å². The van der Waals surface area contributed by atoms with Crippen LogP contribution in [0.3, 0.4) is 0 Å². The van der Waals surface area contributed by atoms with Crippen LogP contribution >= 0.6 is 22.9 Å². The largest absolute Gasteiger partial charge is 0.434 e. The highest BCUT2D eigenvalue weighted by molar-refractivity contribution is 7.21. The average Bonchev–Trinajstić information content (AvgIpc) is 3.12.